The van der Waals surface area contributed by atoms with Gasteiger partial charge in [-0.3, -0.25) is 4.79 Å². The number of rotatable bonds is 5. The fraction of sp³-hybridized carbons (Fsp3) is 0.188. The lowest BCUT2D eigenvalue weighted by Gasteiger charge is -2.15. The maximum absolute atomic E-state index is 13.7. The van der Waals surface area contributed by atoms with Crippen molar-refractivity contribution in [2.75, 3.05) is 0 Å². The molecule has 0 radical (unpaired) electrons. The number of nitrogens with two attached hydrogens (primary N) is 1. The van der Waals surface area contributed by atoms with E-state index in [0.29, 0.717) is 17.7 Å². The zero-order valence-corrected chi connectivity index (χ0v) is 11.3. The van der Waals surface area contributed by atoms with Gasteiger partial charge in [-0.25, -0.2) is 4.39 Å². The summed E-state index contributed by atoms with van der Waals surface area (Å²) in [5.41, 5.74) is 7.07. The van der Waals surface area contributed by atoms with Gasteiger partial charge in [0, 0.05) is 23.7 Å². The normalized spacial score (nSPS) is 12.1. The molecule has 0 heterocycles. The third-order valence-corrected chi connectivity index (χ3v) is 3.23. The second-order valence-electron chi connectivity index (χ2n) is 4.68. The van der Waals surface area contributed by atoms with Crippen molar-refractivity contribution in [2.45, 2.75) is 19.5 Å². The summed E-state index contributed by atoms with van der Waals surface area (Å²) < 4.78 is 13.7. The summed E-state index contributed by atoms with van der Waals surface area (Å²) >= 11 is 0. The van der Waals surface area contributed by atoms with Crippen LogP contribution in [0.25, 0.3) is 0 Å². The molecule has 20 heavy (non-hydrogen) atoms. The van der Waals surface area contributed by atoms with E-state index in [-0.39, 0.29) is 11.9 Å². The Kier molecular flexibility index (Phi) is 4.48. The molecule has 0 fully saturated rings. The van der Waals surface area contributed by atoms with Gasteiger partial charge in [-0.2, -0.15) is 0 Å². The minimum atomic E-state index is -0.553. The molecule has 0 saturated carbocycles. The molecule has 1 amide bonds. The third kappa shape index (κ3) is 3.42. The first kappa shape index (κ1) is 14.2. The van der Waals surface area contributed by atoms with Crippen molar-refractivity contribution in [2.24, 2.45) is 5.73 Å². The summed E-state index contributed by atoms with van der Waals surface area (Å²) in [5, 5.41) is 3.23. The van der Waals surface area contributed by atoms with Gasteiger partial charge in [0.2, 0.25) is 5.91 Å². The number of carbonyl (C=O) groups excluding carboxylic acids is 1. The smallest absolute Gasteiger partial charge is 0.248 e. The molecule has 3 nitrogen and oxygen atoms in total. The first-order valence-corrected chi connectivity index (χ1v) is 6.44. The van der Waals surface area contributed by atoms with Crippen molar-refractivity contribution in [1.29, 1.82) is 0 Å². The van der Waals surface area contributed by atoms with Crippen molar-refractivity contribution in [3.05, 3.63) is 71.0 Å². The fourth-order valence-corrected chi connectivity index (χ4v) is 1.99. The standard InChI is InChI=1S/C16H17FN2O/c1-11(12-5-3-2-4-6-12)19-10-14-9-13(16(18)20)7-8-15(14)17/h2-9,11,19H,10H2,1H3,(H2,18,20)/t11-/m1/s1. The minimum Gasteiger partial charge on any atom is -0.366 e. The molecule has 1 atom stereocenters. The lowest BCUT2D eigenvalue weighted by molar-refractivity contribution is 0.1000. The number of primary amides is 1. The number of nitrogens with one attached hydrogen (secondary N) is 1. The van der Waals surface area contributed by atoms with Crippen LogP contribution in [0.3, 0.4) is 0 Å². The second kappa shape index (κ2) is 6.30. The van der Waals surface area contributed by atoms with Gasteiger partial charge in [-0.1, -0.05) is 30.3 Å². The van der Waals surface area contributed by atoms with Crippen LogP contribution in [0.1, 0.15) is 34.5 Å². The summed E-state index contributed by atoms with van der Waals surface area (Å²) in [6, 6.07) is 14.1. The molecule has 2 aromatic rings. The van der Waals surface area contributed by atoms with Crippen LogP contribution in [0, 0.1) is 5.82 Å². The summed E-state index contributed by atoms with van der Waals surface area (Å²) in [4.78, 5) is 11.1. The Morgan fingerprint density at radius 3 is 2.60 bits per heavy atom. The number of hydrogen-bond acceptors (Lipinski definition) is 2. The highest BCUT2D eigenvalue weighted by Gasteiger charge is 2.09. The molecule has 0 aliphatic heterocycles. The quantitative estimate of drug-likeness (QED) is 0.879. The average molecular weight is 272 g/mol. The van der Waals surface area contributed by atoms with E-state index in [4.69, 9.17) is 5.73 Å². The van der Waals surface area contributed by atoms with Crippen molar-refractivity contribution in [3.8, 4) is 0 Å². The maximum Gasteiger partial charge on any atom is 0.248 e. The first-order chi connectivity index (χ1) is 9.58. The zero-order valence-electron chi connectivity index (χ0n) is 11.3. The van der Waals surface area contributed by atoms with Crippen molar-refractivity contribution in [3.63, 3.8) is 0 Å². The van der Waals surface area contributed by atoms with Gasteiger partial charge in [0.1, 0.15) is 5.82 Å². The molecule has 4 heteroatoms. The SMILES string of the molecule is C[C@@H](NCc1cc(C(N)=O)ccc1F)c1ccccc1. The molecular weight excluding hydrogens is 255 g/mol. The predicted molar refractivity (Wildman–Crippen MR) is 76.6 cm³/mol. The highest BCUT2D eigenvalue weighted by atomic mass is 19.1. The molecule has 0 aliphatic rings. The number of halogens is 1. The van der Waals surface area contributed by atoms with Gasteiger partial charge in [0.25, 0.3) is 0 Å². The van der Waals surface area contributed by atoms with Gasteiger partial charge >= 0.3 is 0 Å². The molecule has 0 unspecified atom stereocenters. The van der Waals surface area contributed by atoms with E-state index in [2.05, 4.69) is 5.32 Å². The monoisotopic (exact) mass is 272 g/mol. The van der Waals surface area contributed by atoms with E-state index in [9.17, 15) is 9.18 Å². The van der Waals surface area contributed by atoms with Crippen LogP contribution >= 0.6 is 0 Å². The minimum absolute atomic E-state index is 0.0906. The molecule has 0 bridgehead atoms. The first-order valence-electron chi connectivity index (χ1n) is 6.44. The van der Waals surface area contributed by atoms with E-state index >= 15 is 0 Å². The molecule has 0 spiro atoms. The van der Waals surface area contributed by atoms with Gasteiger partial charge < -0.3 is 11.1 Å². The number of hydrogen-bond donors (Lipinski definition) is 2. The van der Waals surface area contributed by atoms with Crippen LogP contribution < -0.4 is 11.1 Å². The Balaban J connectivity index is 2.07. The fourth-order valence-electron chi connectivity index (χ4n) is 1.99. The summed E-state index contributed by atoms with van der Waals surface area (Å²) in [5.74, 6) is -0.898. The van der Waals surface area contributed by atoms with Crippen molar-refractivity contribution >= 4 is 5.91 Å². The molecule has 2 rings (SSSR count). The summed E-state index contributed by atoms with van der Waals surface area (Å²) in [6.45, 7) is 2.34. The molecular formula is C16H17FN2O. The Hall–Kier alpha value is -2.20. The highest BCUT2D eigenvalue weighted by Crippen LogP contribution is 2.15. The van der Waals surface area contributed by atoms with E-state index in [1.807, 2.05) is 37.3 Å². The summed E-state index contributed by atoms with van der Waals surface area (Å²) in [6.07, 6.45) is 0. The number of carbonyl (C=O) groups is 1. The topological polar surface area (TPSA) is 55.1 Å². The zero-order chi connectivity index (χ0) is 14.5. The molecule has 0 aliphatic carbocycles. The predicted octanol–water partition coefficient (Wildman–Crippen LogP) is 2.78. The number of amides is 1. The van der Waals surface area contributed by atoms with Crippen LogP contribution in [-0.4, -0.2) is 5.91 Å². The lowest BCUT2D eigenvalue weighted by Crippen LogP contribution is -2.19. The van der Waals surface area contributed by atoms with Crippen LogP contribution in [0.15, 0.2) is 48.5 Å². The molecule has 0 aromatic heterocycles. The Morgan fingerprint density at radius 1 is 1.25 bits per heavy atom. The Bertz CT molecular complexity index is 599. The third-order valence-electron chi connectivity index (χ3n) is 3.23. The molecule has 2 aromatic carbocycles. The molecule has 3 N–H and O–H groups in total. The van der Waals surface area contributed by atoms with Crippen LogP contribution in [0.4, 0.5) is 4.39 Å². The number of benzene rings is 2. The van der Waals surface area contributed by atoms with E-state index in [0.717, 1.165) is 5.56 Å². The molecule has 0 saturated heterocycles. The van der Waals surface area contributed by atoms with Gasteiger partial charge in [0.05, 0.1) is 0 Å². The lowest BCUT2D eigenvalue weighted by atomic mass is 10.1. The second-order valence-corrected chi connectivity index (χ2v) is 4.68. The summed E-state index contributed by atoms with van der Waals surface area (Å²) in [7, 11) is 0. The highest BCUT2D eigenvalue weighted by molar-refractivity contribution is 5.92. The van der Waals surface area contributed by atoms with E-state index < -0.39 is 5.91 Å². The van der Waals surface area contributed by atoms with Crippen LogP contribution in [0.2, 0.25) is 0 Å². The van der Waals surface area contributed by atoms with E-state index in [1.165, 1.54) is 18.2 Å². The van der Waals surface area contributed by atoms with Gasteiger partial charge in [-0.05, 0) is 30.7 Å². The van der Waals surface area contributed by atoms with Crippen LogP contribution in [-0.2, 0) is 6.54 Å². The molecule has 104 valence electrons. The largest absolute Gasteiger partial charge is 0.366 e. The van der Waals surface area contributed by atoms with Crippen molar-refractivity contribution < 1.29 is 9.18 Å². The maximum atomic E-state index is 13.7. The Labute approximate surface area is 117 Å². The van der Waals surface area contributed by atoms with Gasteiger partial charge in [-0.15, -0.1) is 0 Å². The van der Waals surface area contributed by atoms with E-state index in [1.54, 1.807) is 0 Å². The van der Waals surface area contributed by atoms with Gasteiger partial charge in [0.15, 0.2) is 0 Å². The Morgan fingerprint density at radius 2 is 1.95 bits per heavy atom. The van der Waals surface area contributed by atoms with Crippen LogP contribution in [0.5, 0.6) is 0 Å². The van der Waals surface area contributed by atoms with Crippen molar-refractivity contribution in [1.82, 2.24) is 5.32 Å². The average Bonchev–Trinajstić information content (AvgIpc) is 2.46.